The van der Waals surface area contributed by atoms with Gasteiger partial charge in [-0.25, -0.2) is 0 Å². The summed E-state index contributed by atoms with van der Waals surface area (Å²) in [6.45, 7) is 5.90. The summed E-state index contributed by atoms with van der Waals surface area (Å²) in [7, 11) is 0. The normalized spacial score (nSPS) is 11.6. The Morgan fingerprint density at radius 1 is 1.40 bits per heavy atom. The van der Waals surface area contributed by atoms with Crippen LogP contribution in [0.1, 0.15) is 27.2 Å². The molecule has 0 aliphatic carbocycles. The van der Waals surface area contributed by atoms with Gasteiger partial charge in [0, 0.05) is 11.8 Å². The molecule has 2 heteroatoms. The fraction of sp³-hybridized carbons (Fsp3) is 0.875. The lowest BCUT2D eigenvalue weighted by atomic mass is 9.89. The first-order chi connectivity index (χ1) is 4.48. The zero-order valence-corrected chi connectivity index (χ0v) is 8.05. The Hall–Kier alpha value is 0.0200. The Morgan fingerprint density at radius 2 is 1.90 bits per heavy atom. The van der Waals surface area contributed by atoms with E-state index >= 15 is 0 Å². The van der Waals surface area contributed by atoms with E-state index in [1.165, 1.54) is 0 Å². The van der Waals surface area contributed by atoms with Crippen molar-refractivity contribution in [3.05, 3.63) is 0 Å². The van der Waals surface area contributed by atoms with Gasteiger partial charge in [-0.1, -0.05) is 20.8 Å². The van der Waals surface area contributed by atoms with Crippen molar-refractivity contribution in [3.8, 4) is 0 Å². The van der Waals surface area contributed by atoms with Crippen LogP contribution in [0.2, 0.25) is 0 Å². The Labute approximate surface area is 67.6 Å². The fourth-order valence-corrected chi connectivity index (χ4v) is 0.959. The van der Waals surface area contributed by atoms with Crippen molar-refractivity contribution in [3.63, 3.8) is 0 Å². The van der Waals surface area contributed by atoms with Gasteiger partial charge in [-0.3, -0.25) is 4.79 Å². The van der Waals surface area contributed by atoms with Gasteiger partial charge >= 0.3 is 0 Å². The predicted octanol–water partition coefficient (Wildman–Crippen LogP) is 2.35. The minimum atomic E-state index is -0.143. The molecule has 60 valence electrons. The lowest BCUT2D eigenvalue weighted by Gasteiger charge is -2.15. The zero-order chi connectivity index (χ0) is 8.20. The van der Waals surface area contributed by atoms with Crippen LogP contribution >= 0.6 is 11.8 Å². The van der Waals surface area contributed by atoms with Crippen molar-refractivity contribution in [1.82, 2.24) is 0 Å². The van der Waals surface area contributed by atoms with Crippen molar-refractivity contribution in [2.24, 2.45) is 5.41 Å². The van der Waals surface area contributed by atoms with E-state index in [9.17, 15) is 4.79 Å². The van der Waals surface area contributed by atoms with Crippen LogP contribution in [-0.2, 0) is 4.79 Å². The highest BCUT2D eigenvalue weighted by Crippen LogP contribution is 2.17. The summed E-state index contributed by atoms with van der Waals surface area (Å²) in [5, 5.41) is 0. The van der Waals surface area contributed by atoms with Gasteiger partial charge in [-0.2, -0.15) is 11.8 Å². The molecule has 0 aliphatic rings. The number of carbonyl (C=O) groups excluding carboxylic acids is 1. The first-order valence-corrected chi connectivity index (χ1v) is 4.90. The molecular formula is C8H16OS. The Balaban J connectivity index is 3.64. The van der Waals surface area contributed by atoms with E-state index in [1.807, 2.05) is 27.0 Å². The molecule has 10 heavy (non-hydrogen) atoms. The molecule has 1 nitrogen and oxygen atoms in total. The maximum atomic E-state index is 11.2. The third kappa shape index (κ3) is 3.94. The summed E-state index contributed by atoms with van der Waals surface area (Å²) < 4.78 is 0. The molecule has 0 unspecified atom stereocenters. The highest BCUT2D eigenvalue weighted by Gasteiger charge is 2.19. The highest BCUT2D eigenvalue weighted by molar-refractivity contribution is 7.98. The molecule has 0 atom stereocenters. The lowest BCUT2D eigenvalue weighted by Crippen LogP contribution is -2.20. The molecule has 0 rings (SSSR count). The second kappa shape index (κ2) is 4.02. The summed E-state index contributed by atoms with van der Waals surface area (Å²) in [6.07, 6.45) is 2.74. The number of hydrogen-bond acceptors (Lipinski definition) is 2. The van der Waals surface area contributed by atoms with Crippen LogP contribution in [0.4, 0.5) is 0 Å². The molecule has 0 saturated heterocycles. The molecule has 0 aromatic rings. The topological polar surface area (TPSA) is 17.1 Å². The second-order valence-corrected chi connectivity index (χ2v) is 4.40. The molecule has 0 spiro atoms. The standard InChI is InChI=1S/C8H16OS/c1-8(2,3)7(9)5-6-10-4/h5-6H2,1-4H3. The monoisotopic (exact) mass is 160 g/mol. The smallest absolute Gasteiger partial charge is 0.139 e. The lowest BCUT2D eigenvalue weighted by molar-refractivity contribution is -0.125. The van der Waals surface area contributed by atoms with E-state index in [0.29, 0.717) is 12.2 Å². The molecule has 0 N–H and O–H groups in total. The minimum Gasteiger partial charge on any atom is -0.299 e. The van der Waals surface area contributed by atoms with E-state index in [0.717, 1.165) is 5.75 Å². The predicted molar refractivity (Wildman–Crippen MR) is 47.5 cm³/mol. The van der Waals surface area contributed by atoms with Crippen LogP contribution in [0.25, 0.3) is 0 Å². The molecule has 0 amide bonds. The summed E-state index contributed by atoms with van der Waals surface area (Å²) >= 11 is 1.73. The van der Waals surface area contributed by atoms with Crippen molar-refractivity contribution >= 4 is 17.5 Å². The average molecular weight is 160 g/mol. The van der Waals surface area contributed by atoms with Gasteiger partial charge in [0.1, 0.15) is 5.78 Å². The van der Waals surface area contributed by atoms with E-state index in [1.54, 1.807) is 11.8 Å². The highest BCUT2D eigenvalue weighted by atomic mass is 32.2. The van der Waals surface area contributed by atoms with Gasteiger partial charge in [0.15, 0.2) is 0 Å². The zero-order valence-electron chi connectivity index (χ0n) is 7.23. The molecular weight excluding hydrogens is 144 g/mol. The largest absolute Gasteiger partial charge is 0.299 e. The Morgan fingerprint density at radius 3 is 2.20 bits per heavy atom. The van der Waals surface area contributed by atoms with Gasteiger partial charge in [-0.15, -0.1) is 0 Å². The number of hydrogen-bond donors (Lipinski definition) is 0. The SMILES string of the molecule is CSCCC(=O)C(C)(C)C. The van der Waals surface area contributed by atoms with Crippen LogP contribution in [0.15, 0.2) is 0 Å². The summed E-state index contributed by atoms with van der Waals surface area (Å²) in [5.74, 6) is 1.32. The Bertz CT molecular complexity index is 113. The van der Waals surface area contributed by atoms with Crippen molar-refractivity contribution in [2.45, 2.75) is 27.2 Å². The molecule has 0 saturated carbocycles. The number of rotatable bonds is 3. The first-order valence-electron chi connectivity index (χ1n) is 3.50. The van der Waals surface area contributed by atoms with E-state index in [2.05, 4.69) is 0 Å². The Kier molecular flexibility index (Phi) is 4.02. The van der Waals surface area contributed by atoms with Crippen LogP contribution in [0, 0.1) is 5.41 Å². The third-order valence-electron chi connectivity index (χ3n) is 1.37. The molecule has 0 aromatic heterocycles. The van der Waals surface area contributed by atoms with Gasteiger partial charge in [0.25, 0.3) is 0 Å². The van der Waals surface area contributed by atoms with E-state index in [4.69, 9.17) is 0 Å². The average Bonchev–Trinajstić information content (AvgIpc) is 1.80. The summed E-state index contributed by atoms with van der Waals surface area (Å²) in [6, 6.07) is 0. The van der Waals surface area contributed by atoms with E-state index in [-0.39, 0.29) is 5.41 Å². The van der Waals surface area contributed by atoms with Crippen LogP contribution in [0.5, 0.6) is 0 Å². The van der Waals surface area contributed by atoms with Crippen molar-refractivity contribution in [2.75, 3.05) is 12.0 Å². The molecule has 0 bridgehead atoms. The minimum absolute atomic E-state index is 0.143. The van der Waals surface area contributed by atoms with Gasteiger partial charge < -0.3 is 0 Å². The van der Waals surface area contributed by atoms with Gasteiger partial charge in [-0.05, 0) is 12.0 Å². The third-order valence-corrected chi connectivity index (χ3v) is 1.98. The van der Waals surface area contributed by atoms with Crippen molar-refractivity contribution < 1.29 is 4.79 Å². The molecule has 0 fully saturated rings. The number of carbonyl (C=O) groups is 1. The fourth-order valence-electron chi connectivity index (χ4n) is 0.570. The molecule has 0 radical (unpaired) electrons. The summed E-state index contributed by atoms with van der Waals surface area (Å²) in [5.41, 5.74) is -0.143. The second-order valence-electron chi connectivity index (χ2n) is 3.42. The quantitative estimate of drug-likeness (QED) is 0.630. The van der Waals surface area contributed by atoms with Crippen LogP contribution in [-0.4, -0.2) is 17.8 Å². The maximum Gasteiger partial charge on any atom is 0.139 e. The molecule has 0 heterocycles. The molecule has 0 aromatic carbocycles. The van der Waals surface area contributed by atoms with Crippen LogP contribution < -0.4 is 0 Å². The van der Waals surface area contributed by atoms with Gasteiger partial charge in [0.2, 0.25) is 0 Å². The number of Topliss-reactive ketones (excluding diaryl/α,β-unsaturated/α-hetero) is 1. The van der Waals surface area contributed by atoms with Crippen molar-refractivity contribution in [1.29, 1.82) is 0 Å². The van der Waals surface area contributed by atoms with E-state index < -0.39 is 0 Å². The van der Waals surface area contributed by atoms with Gasteiger partial charge in [0.05, 0.1) is 0 Å². The maximum absolute atomic E-state index is 11.2. The first kappa shape index (κ1) is 10.0. The molecule has 0 aliphatic heterocycles. The number of thioether (sulfide) groups is 1. The van der Waals surface area contributed by atoms with Crippen LogP contribution in [0.3, 0.4) is 0 Å². The number of ketones is 1. The summed E-state index contributed by atoms with van der Waals surface area (Å²) in [4.78, 5) is 11.2.